The lowest BCUT2D eigenvalue weighted by Crippen LogP contribution is -1.90. The van der Waals surface area contributed by atoms with Crippen LogP contribution in [0.2, 0.25) is 0 Å². The highest BCUT2D eigenvalue weighted by Gasteiger charge is 2.12. The van der Waals surface area contributed by atoms with Crippen molar-refractivity contribution in [1.82, 2.24) is 9.97 Å². The minimum atomic E-state index is 0.540. The second-order valence-electron chi connectivity index (χ2n) is 3.54. The van der Waals surface area contributed by atoms with Gasteiger partial charge in [0.25, 0.3) is 0 Å². The first-order valence-corrected chi connectivity index (χ1v) is 5.97. The van der Waals surface area contributed by atoms with Gasteiger partial charge in [-0.1, -0.05) is 6.07 Å². The third kappa shape index (κ3) is 1.85. The van der Waals surface area contributed by atoms with Gasteiger partial charge in [-0.05, 0) is 12.1 Å². The van der Waals surface area contributed by atoms with E-state index >= 15 is 0 Å². The van der Waals surface area contributed by atoms with E-state index in [2.05, 4.69) is 9.97 Å². The number of rotatable bonds is 3. The van der Waals surface area contributed by atoms with Gasteiger partial charge in [-0.2, -0.15) is 0 Å². The zero-order valence-electron chi connectivity index (χ0n) is 8.79. The van der Waals surface area contributed by atoms with Crippen LogP contribution in [0.5, 0.6) is 0 Å². The summed E-state index contributed by atoms with van der Waals surface area (Å²) in [5, 5.41) is 1.80. The van der Waals surface area contributed by atoms with E-state index in [1.54, 1.807) is 11.6 Å². The van der Waals surface area contributed by atoms with E-state index in [0.717, 1.165) is 12.0 Å². The Kier molecular flexibility index (Phi) is 2.45. The van der Waals surface area contributed by atoms with E-state index in [1.165, 1.54) is 11.3 Å². The van der Waals surface area contributed by atoms with E-state index in [9.17, 15) is 4.79 Å². The van der Waals surface area contributed by atoms with Crippen LogP contribution >= 0.6 is 11.3 Å². The van der Waals surface area contributed by atoms with Gasteiger partial charge >= 0.3 is 0 Å². The van der Waals surface area contributed by atoms with Crippen LogP contribution in [0.15, 0.2) is 34.2 Å². The predicted molar refractivity (Wildman–Crippen MR) is 64.3 cm³/mol. The first kappa shape index (κ1) is 10.2. The summed E-state index contributed by atoms with van der Waals surface area (Å²) in [7, 11) is 0. The van der Waals surface area contributed by atoms with Gasteiger partial charge in [0, 0.05) is 17.3 Å². The summed E-state index contributed by atoms with van der Waals surface area (Å²) in [4.78, 5) is 19.9. The van der Waals surface area contributed by atoms with E-state index < -0.39 is 0 Å². The Labute approximate surface area is 101 Å². The first-order valence-electron chi connectivity index (χ1n) is 5.09. The maximum atomic E-state index is 10.8. The molecule has 3 aromatic heterocycles. The lowest BCUT2D eigenvalue weighted by molar-refractivity contribution is 0.112. The molecule has 0 bridgehead atoms. The van der Waals surface area contributed by atoms with Gasteiger partial charge in [-0.3, -0.25) is 9.78 Å². The third-order valence-electron chi connectivity index (χ3n) is 2.39. The number of carbonyl (C=O) groups is 1. The topological polar surface area (TPSA) is 56.0 Å². The summed E-state index contributed by atoms with van der Waals surface area (Å²) in [6, 6.07) is 5.70. The number of oxazole rings is 1. The number of fused-ring (bicyclic) bond motifs is 1. The molecular weight excluding hydrogens is 236 g/mol. The van der Waals surface area contributed by atoms with Gasteiger partial charge < -0.3 is 4.42 Å². The van der Waals surface area contributed by atoms with Crippen molar-refractivity contribution in [2.24, 2.45) is 0 Å². The molecule has 0 aliphatic rings. The van der Waals surface area contributed by atoms with Gasteiger partial charge in [0.2, 0.25) is 5.89 Å². The molecule has 0 aliphatic carbocycles. The molecule has 0 unspecified atom stereocenters. The molecule has 0 aromatic carbocycles. The number of aromatic nitrogens is 2. The van der Waals surface area contributed by atoms with Crippen LogP contribution in [0.4, 0.5) is 0 Å². The summed E-state index contributed by atoms with van der Waals surface area (Å²) < 4.78 is 5.55. The minimum Gasteiger partial charge on any atom is -0.439 e. The number of hydrogen-bond donors (Lipinski definition) is 0. The molecule has 3 heterocycles. The number of pyridine rings is 1. The minimum absolute atomic E-state index is 0.540. The molecule has 84 valence electrons. The molecule has 4 nitrogen and oxygen atoms in total. The molecule has 0 saturated heterocycles. The van der Waals surface area contributed by atoms with Crippen LogP contribution in [0.25, 0.3) is 11.1 Å². The average Bonchev–Trinajstić information content (AvgIpc) is 2.89. The monoisotopic (exact) mass is 244 g/mol. The van der Waals surface area contributed by atoms with Crippen molar-refractivity contribution in [3.05, 3.63) is 46.2 Å². The average molecular weight is 244 g/mol. The lowest BCUT2D eigenvalue weighted by atomic mass is 10.3. The largest absolute Gasteiger partial charge is 0.439 e. The van der Waals surface area contributed by atoms with E-state index in [-0.39, 0.29) is 0 Å². The van der Waals surface area contributed by atoms with E-state index in [1.807, 2.05) is 18.2 Å². The van der Waals surface area contributed by atoms with Crippen molar-refractivity contribution >= 4 is 28.7 Å². The lowest BCUT2D eigenvalue weighted by Gasteiger charge is -1.94. The number of thiophene rings is 1. The zero-order valence-corrected chi connectivity index (χ0v) is 9.61. The Morgan fingerprint density at radius 1 is 1.41 bits per heavy atom. The van der Waals surface area contributed by atoms with Gasteiger partial charge in [0.1, 0.15) is 5.52 Å². The summed E-state index contributed by atoms with van der Waals surface area (Å²) >= 11 is 1.34. The summed E-state index contributed by atoms with van der Waals surface area (Å²) in [6.07, 6.45) is 3.08. The van der Waals surface area contributed by atoms with Crippen LogP contribution < -0.4 is 0 Å². The molecule has 3 rings (SSSR count). The zero-order chi connectivity index (χ0) is 11.7. The molecule has 0 N–H and O–H groups in total. The number of nitrogens with zero attached hydrogens (tertiary/aromatic N) is 2. The van der Waals surface area contributed by atoms with Gasteiger partial charge in [-0.25, -0.2) is 4.98 Å². The fourth-order valence-electron chi connectivity index (χ4n) is 1.62. The Morgan fingerprint density at radius 2 is 2.35 bits per heavy atom. The third-order valence-corrected chi connectivity index (χ3v) is 3.26. The van der Waals surface area contributed by atoms with Crippen molar-refractivity contribution in [2.45, 2.75) is 6.42 Å². The Morgan fingerprint density at radius 3 is 3.12 bits per heavy atom. The highest BCUT2D eigenvalue weighted by Crippen LogP contribution is 2.25. The van der Waals surface area contributed by atoms with Crippen LogP contribution in [0, 0.1) is 0 Å². The molecular formula is C12H8N2O2S. The highest BCUT2D eigenvalue weighted by molar-refractivity contribution is 7.13. The van der Waals surface area contributed by atoms with Crippen molar-refractivity contribution in [3.8, 4) is 0 Å². The van der Waals surface area contributed by atoms with Crippen LogP contribution in [0.1, 0.15) is 21.3 Å². The molecule has 0 aliphatic heterocycles. The maximum absolute atomic E-state index is 10.8. The Hall–Kier alpha value is -2.01. The van der Waals surface area contributed by atoms with E-state index in [4.69, 9.17) is 4.42 Å². The van der Waals surface area contributed by atoms with Crippen LogP contribution in [-0.4, -0.2) is 16.3 Å². The summed E-state index contributed by atoms with van der Waals surface area (Å²) in [5.74, 6) is 0.588. The van der Waals surface area contributed by atoms with Gasteiger partial charge in [-0.15, -0.1) is 11.3 Å². The van der Waals surface area contributed by atoms with Crippen molar-refractivity contribution in [1.29, 1.82) is 0 Å². The molecule has 0 saturated carbocycles. The molecule has 5 heteroatoms. The fourth-order valence-corrected chi connectivity index (χ4v) is 2.33. The predicted octanol–water partition coefficient (Wildman–Crippen LogP) is 2.69. The summed E-state index contributed by atoms with van der Waals surface area (Å²) in [5.41, 5.74) is 2.21. The highest BCUT2D eigenvalue weighted by atomic mass is 32.1. The quantitative estimate of drug-likeness (QED) is 0.665. The smallest absolute Gasteiger partial charge is 0.201 e. The molecule has 0 spiro atoms. The SMILES string of the molecule is O=Cc1scc2oc(Cc3ccccn3)nc12. The normalized spacial score (nSPS) is 10.8. The van der Waals surface area contributed by atoms with Gasteiger partial charge in [0.05, 0.1) is 11.3 Å². The fraction of sp³-hybridized carbons (Fsp3) is 0.0833. The van der Waals surface area contributed by atoms with Crippen LogP contribution in [-0.2, 0) is 6.42 Å². The standard InChI is InChI=1S/C12H8N2O2S/c15-6-10-12-9(7-17-10)16-11(14-12)5-8-3-1-2-4-13-8/h1-4,6-7H,5H2. The first-order chi connectivity index (χ1) is 8.36. The maximum Gasteiger partial charge on any atom is 0.201 e. The number of carbonyl (C=O) groups excluding carboxylic acids is 1. The molecule has 0 amide bonds. The van der Waals surface area contributed by atoms with E-state index in [0.29, 0.717) is 28.3 Å². The molecule has 0 fully saturated rings. The van der Waals surface area contributed by atoms with Gasteiger partial charge in [0.15, 0.2) is 11.9 Å². The molecule has 3 aromatic rings. The number of hydrogen-bond acceptors (Lipinski definition) is 5. The van der Waals surface area contributed by atoms with Crippen molar-refractivity contribution in [2.75, 3.05) is 0 Å². The van der Waals surface area contributed by atoms with Crippen LogP contribution in [0.3, 0.4) is 0 Å². The molecule has 17 heavy (non-hydrogen) atoms. The van der Waals surface area contributed by atoms with Crippen molar-refractivity contribution in [3.63, 3.8) is 0 Å². The second kappa shape index (κ2) is 4.10. The van der Waals surface area contributed by atoms with Crippen molar-refractivity contribution < 1.29 is 9.21 Å². The Bertz CT molecular complexity index is 658. The number of aldehydes is 1. The summed E-state index contributed by atoms with van der Waals surface area (Å²) in [6.45, 7) is 0. The Balaban J connectivity index is 1.96. The molecule has 0 radical (unpaired) electrons. The second-order valence-corrected chi connectivity index (χ2v) is 4.45. The molecule has 0 atom stereocenters.